The van der Waals surface area contributed by atoms with Crippen LogP contribution in [0, 0.1) is 11.3 Å². The maximum atomic E-state index is 12.6. The Labute approximate surface area is 129 Å². The molecule has 0 bridgehead atoms. The molecular weight excluding hydrogens is 310 g/mol. The molecule has 1 amide bonds. The first-order valence-corrected chi connectivity index (χ1v) is 8.69. The molecule has 8 heteroatoms. The monoisotopic (exact) mass is 331 g/mol. The van der Waals surface area contributed by atoms with Crippen molar-refractivity contribution in [2.45, 2.75) is 26.1 Å². The topological polar surface area (TPSA) is 101 Å². The SMILES string of the molecule is COC[C@H]1C(=O)N2C(C(=O)C(C)(C)C)=C(CO)CS(=O)(=O)[C@@H]12. The number of sulfone groups is 1. The third kappa shape index (κ3) is 2.49. The van der Waals surface area contributed by atoms with Gasteiger partial charge in [-0.1, -0.05) is 20.8 Å². The van der Waals surface area contributed by atoms with E-state index < -0.39 is 44.8 Å². The molecule has 2 aliphatic rings. The number of fused-ring (bicyclic) bond motifs is 1. The van der Waals surface area contributed by atoms with Gasteiger partial charge < -0.3 is 9.84 Å². The number of carbonyl (C=O) groups is 2. The number of β-lactam (4-membered cyclic amide) rings is 1. The second-order valence-electron chi connectivity index (χ2n) is 6.66. The number of carbonyl (C=O) groups excluding carboxylic acids is 2. The van der Waals surface area contributed by atoms with Gasteiger partial charge in [-0.15, -0.1) is 0 Å². The van der Waals surface area contributed by atoms with Crippen LogP contribution >= 0.6 is 0 Å². The van der Waals surface area contributed by atoms with E-state index >= 15 is 0 Å². The van der Waals surface area contributed by atoms with Crippen molar-refractivity contribution in [3.63, 3.8) is 0 Å². The van der Waals surface area contributed by atoms with Crippen LogP contribution < -0.4 is 0 Å². The molecular formula is C14H21NO6S. The maximum absolute atomic E-state index is 12.6. The van der Waals surface area contributed by atoms with Crippen molar-refractivity contribution in [3.05, 3.63) is 11.3 Å². The van der Waals surface area contributed by atoms with Crippen molar-refractivity contribution < 1.29 is 27.9 Å². The highest BCUT2D eigenvalue weighted by atomic mass is 32.2. The zero-order valence-corrected chi connectivity index (χ0v) is 13.9. The lowest BCUT2D eigenvalue weighted by Crippen LogP contribution is -2.68. The third-order valence-corrected chi connectivity index (χ3v) is 5.93. The number of hydrogen-bond acceptors (Lipinski definition) is 6. The minimum absolute atomic E-state index is 0.00925. The molecule has 0 saturated carbocycles. The van der Waals surface area contributed by atoms with E-state index in [1.807, 2.05) is 0 Å². The van der Waals surface area contributed by atoms with Gasteiger partial charge in [0.25, 0.3) is 0 Å². The molecule has 2 atom stereocenters. The second-order valence-corrected chi connectivity index (χ2v) is 8.75. The van der Waals surface area contributed by atoms with E-state index in [4.69, 9.17) is 4.74 Å². The normalized spacial score (nSPS) is 27.5. The molecule has 2 aliphatic heterocycles. The molecule has 0 aromatic rings. The van der Waals surface area contributed by atoms with E-state index in [-0.39, 0.29) is 23.7 Å². The quantitative estimate of drug-likeness (QED) is 0.710. The first kappa shape index (κ1) is 17.1. The highest BCUT2D eigenvalue weighted by Gasteiger charge is 2.59. The first-order valence-electron chi connectivity index (χ1n) is 6.97. The van der Waals surface area contributed by atoms with Crippen LogP contribution in [0.3, 0.4) is 0 Å². The molecule has 1 saturated heterocycles. The van der Waals surface area contributed by atoms with E-state index in [1.54, 1.807) is 20.8 Å². The van der Waals surface area contributed by atoms with Gasteiger partial charge in [-0.25, -0.2) is 8.42 Å². The molecule has 22 heavy (non-hydrogen) atoms. The first-order chi connectivity index (χ1) is 10.1. The van der Waals surface area contributed by atoms with Crippen molar-refractivity contribution >= 4 is 21.5 Å². The Morgan fingerprint density at radius 3 is 2.45 bits per heavy atom. The molecule has 0 unspecified atom stereocenters. The molecule has 0 radical (unpaired) electrons. The van der Waals surface area contributed by atoms with Crippen molar-refractivity contribution in [1.29, 1.82) is 0 Å². The van der Waals surface area contributed by atoms with E-state index in [9.17, 15) is 23.1 Å². The van der Waals surface area contributed by atoms with Crippen molar-refractivity contribution in [3.8, 4) is 0 Å². The minimum atomic E-state index is -3.65. The number of aliphatic hydroxyl groups excluding tert-OH is 1. The highest BCUT2D eigenvalue weighted by Crippen LogP contribution is 2.42. The van der Waals surface area contributed by atoms with Crippen molar-refractivity contribution in [2.24, 2.45) is 11.3 Å². The average Bonchev–Trinajstić information content (AvgIpc) is 2.41. The lowest BCUT2D eigenvalue weighted by atomic mass is 9.84. The van der Waals surface area contributed by atoms with Crippen LogP contribution in [0.5, 0.6) is 0 Å². The lowest BCUT2D eigenvalue weighted by molar-refractivity contribution is -0.153. The second kappa shape index (κ2) is 5.43. The summed E-state index contributed by atoms with van der Waals surface area (Å²) in [4.78, 5) is 25.9. The summed E-state index contributed by atoms with van der Waals surface area (Å²) in [6.45, 7) is 4.48. The molecule has 7 nitrogen and oxygen atoms in total. The van der Waals surface area contributed by atoms with Crippen LogP contribution in [-0.4, -0.2) is 61.6 Å². The number of hydrogen-bond donors (Lipinski definition) is 1. The van der Waals surface area contributed by atoms with Gasteiger partial charge >= 0.3 is 0 Å². The van der Waals surface area contributed by atoms with Gasteiger partial charge in [-0.2, -0.15) is 0 Å². The molecule has 0 spiro atoms. The fraction of sp³-hybridized carbons (Fsp3) is 0.714. The van der Waals surface area contributed by atoms with Gasteiger partial charge in [0.1, 0.15) is 0 Å². The average molecular weight is 331 g/mol. The summed E-state index contributed by atoms with van der Waals surface area (Å²) < 4.78 is 29.6. The van der Waals surface area contributed by atoms with Crippen LogP contribution in [0.1, 0.15) is 20.8 Å². The summed E-state index contributed by atoms with van der Waals surface area (Å²) in [6, 6.07) is 0. The standard InChI is InChI=1S/C14H21NO6S/c1-14(2,3)11(17)10-8(5-16)7-22(19,20)13-9(6-21-4)12(18)15(10)13/h9,13,16H,5-7H2,1-4H3/t9-,13-/m0/s1. The maximum Gasteiger partial charge on any atom is 0.236 e. The Morgan fingerprint density at radius 1 is 1.41 bits per heavy atom. The molecule has 0 aliphatic carbocycles. The molecule has 1 N–H and O–H groups in total. The molecule has 0 aromatic heterocycles. The predicted octanol–water partition coefficient (Wildman–Crippen LogP) is -0.293. The van der Waals surface area contributed by atoms with E-state index in [0.717, 1.165) is 4.90 Å². The minimum Gasteiger partial charge on any atom is -0.392 e. The number of ketones is 1. The van der Waals surface area contributed by atoms with E-state index in [0.29, 0.717) is 0 Å². The van der Waals surface area contributed by atoms with E-state index in [1.165, 1.54) is 7.11 Å². The summed E-state index contributed by atoms with van der Waals surface area (Å²) >= 11 is 0. The predicted molar refractivity (Wildman–Crippen MR) is 78.4 cm³/mol. The van der Waals surface area contributed by atoms with Crippen LogP contribution in [-0.2, 0) is 24.2 Å². The van der Waals surface area contributed by atoms with Gasteiger partial charge in [0.15, 0.2) is 21.0 Å². The lowest BCUT2D eigenvalue weighted by Gasteiger charge is -2.50. The highest BCUT2D eigenvalue weighted by molar-refractivity contribution is 7.92. The fourth-order valence-electron chi connectivity index (χ4n) is 2.82. The van der Waals surface area contributed by atoms with Crippen LogP contribution in [0.15, 0.2) is 11.3 Å². The summed E-state index contributed by atoms with van der Waals surface area (Å²) in [5.41, 5.74) is -0.666. The molecule has 124 valence electrons. The van der Waals surface area contributed by atoms with E-state index in [2.05, 4.69) is 0 Å². The zero-order valence-electron chi connectivity index (χ0n) is 13.1. The van der Waals surface area contributed by atoms with Crippen LogP contribution in [0.2, 0.25) is 0 Å². The van der Waals surface area contributed by atoms with Crippen LogP contribution in [0.4, 0.5) is 0 Å². The van der Waals surface area contributed by atoms with Gasteiger partial charge in [-0.3, -0.25) is 14.5 Å². The molecule has 0 aromatic carbocycles. The summed E-state index contributed by atoms with van der Waals surface area (Å²) in [7, 11) is -2.26. The number of methoxy groups -OCH3 is 1. The third-order valence-electron chi connectivity index (χ3n) is 3.91. The number of allylic oxidation sites excluding steroid dienone is 1. The van der Waals surface area contributed by atoms with Crippen molar-refractivity contribution in [1.82, 2.24) is 4.90 Å². The number of ether oxygens (including phenoxy) is 1. The Hall–Kier alpha value is -1.25. The smallest absolute Gasteiger partial charge is 0.236 e. The Morgan fingerprint density at radius 2 is 2.00 bits per heavy atom. The number of Topliss-reactive ketones (excluding diaryl/α,β-unsaturated/α-hetero) is 1. The zero-order chi connectivity index (χ0) is 16.9. The Balaban J connectivity index is 2.54. The Kier molecular flexibility index (Phi) is 4.23. The van der Waals surface area contributed by atoms with Crippen molar-refractivity contribution in [2.75, 3.05) is 26.1 Å². The molecule has 2 rings (SSSR count). The number of rotatable bonds is 4. The number of aliphatic hydroxyl groups is 1. The van der Waals surface area contributed by atoms with Gasteiger partial charge in [0.05, 0.1) is 30.6 Å². The molecule has 2 heterocycles. The fourth-order valence-corrected chi connectivity index (χ4v) is 4.93. The van der Waals surface area contributed by atoms with Gasteiger partial charge in [0, 0.05) is 12.5 Å². The summed E-state index contributed by atoms with van der Waals surface area (Å²) in [6.07, 6.45) is 0. The summed E-state index contributed by atoms with van der Waals surface area (Å²) in [5, 5.41) is 8.38. The molecule has 1 fully saturated rings. The largest absolute Gasteiger partial charge is 0.392 e. The Bertz CT molecular complexity index is 643. The van der Waals surface area contributed by atoms with Gasteiger partial charge in [0.2, 0.25) is 5.91 Å². The van der Waals surface area contributed by atoms with Crippen LogP contribution in [0.25, 0.3) is 0 Å². The van der Waals surface area contributed by atoms with Gasteiger partial charge in [-0.05, 0) is 5.57 Å². The number of nitrogens with zero attached hydrogens (tertiary/aromatic N) is 1. The summed E-state index contributed by atoms with van der Waals surface area (Å²) in [5.74, 6) is -2.00. The number of amides is 1.